The lowest BCUT2D eigenvalue weighted by atomic mass is 10.1. The molecule has 10 heteroatoms. The summed E-state index contributed by atoms with van der Waals surface area (Å²) in [6, 6.07) is 18.2. The van der Waals surface area contributed by atoms with Crippen LogP contribution in [0, 0.1) is 10.1 Å². The highest BCUT2D eigenvalue weighted by Crippen LogP contribution is 2.29. The molecule has 2 amide bonds. The fraction of sp³-hybridized carbons (Fsp3) is 0.0417. The van der Waals surface area contributed by atoms with Gasteiger partial charge in [0.1, 0.15) is 17.1 Å². The van der Waals surface area contributed by atoms with Crippen molar-refractivity contribution in [3.63, 3.8) is 0 Å². The van der Waals surface area contributed by atoms with Crippen LogP contribution >= 0.6 is 0 Å². The number of hydrogen-bond acceptors (Lipinski definition) is 7. The van der Waals surface area contributed by atoms with Gasteiger partial charge in [0.05, 0.1) is 23.3 Å². The SMILES string of the molecule is COc1cccc(C(=O)Oc2ccc([N+](=O)[O-])cc2C=C2C(=O)NN(c3ccccc3)C2=O)c1. The van der Waals surface area contributed by atoms with Crippen molar-refractivity contribution in [1.29, 1.82) is 0 Å². The van der Waals surface area contributed by atoms with Gasteiger partial charge in [0.2, 0.25) is 0 Å². The fourth-order valence-corrected chi connectivity index (χ4v) is 3.24. The lowest BCUT2D eigenvalue weighted by Gasteiger charge is -2.14. The first kappa shape index (κ1) is 22.2. The number of rotatable bonds is 6. The van der Waals surface area contributed by atoms with Crippen molar-refractivity contribution in [3.05, 3.63) is 99.6 Å². The Morgan fingerprint density at radius 1 is 1.03 bits per heavy atom. The Labute approximate surface area is 193 Å². The maximum absolute atomic E-state index is 12.9. The van der Waals surface area contributed by atoms with Crippen LogP contribution in [0.1, 0.15) is 15.9 Å². The summed E-state index contributed by atoms with van der Waals surface area (Å²) in [4.78, 5) is 48.7. The average molecular weight is 459 g/mol. The molecule has 1 heterocycles. The normalized spacial score (nSPS) is 14.1. The molecule has 4 rings (SSSR count). The van der Waals surface area contributed by atoms with Gasteiger partial charge in [0.15, 0.2) is 0 Å². The van der Waals surface area contributed by atoms with Gasteiger partial charge >= 0.3 is 5.97 Å². The summed E-state index contributed by atoms with van der Waals surface area (Å²) < 4.78 is 10.5. The van der Waals surface area contributed by atoms with Crippen molar-refractivity contribution in [2.75, 3.05) is 12.1 Å². The Kier molecular flexibility index (Phi) is 6.04. The molecule has 0 atom stereocenters. The number of amides is 2. The van der Waals surface area contributed by atoms with Crippen molar-refractivity contribution in [2.24, 2.45) is 0 Å². The Morgan fingerprint density at radius 2 is 1.79 bits per heavy atom. The predicted octanol–water partition coefficient (Wildman–Crippen LogP) is 3.28. The zero-order valence-electron chi connectivity index (χ0n) is 17.8. The van der Waals surface area contributed by atoms with E-state index in [-0.39, 0.29) is 28.1 Å². The van der Waals surface area contributed by atoms with Gasteiger partial charge in [-0.25, -0.2) is 9.80 Å². The van der Waals surface area contributed by atoms with E-state index < -0.39 is 22.7 Å². The van der Waals surface area contributed by atoms with Gasteiger partial charge in [-0.1, -0.05) is 24.3 Å². The van der Waals surface area contributed by atoms with E-state index in [2.05, 4.69) is 5.43 Å². The number of nitrogens with zero attached hydrogens (tertiary/aromatic N) is 2. The van der Waals surface area contributed by atoms with Crippen molar-refractivity contribution in [1.82, 2.24) is 5.43 Å². The minimum absolute atomic E-state index is 0.0128. The number of nitro groups is 1. The third-order valence-corrected chi connectivity index (χ3v) is 4.92. The van der Waals surface area contributed by atoms with Crippen LogP contribution in [0.5, 0.6) is 11.5 Å². The van der Waals surface area contributed by atoms with Crippen LogP contribution in [0.2, 0.25) is 0 Å². The van der Waals surface area contributed by atoms with E-state index in [0.29, 0.717) is 11.4 Å². The average Bonchev–Trinajstić information content (AvgIpc) is 3.13. The van der Waals surface area contributed by atoms with E-state index in [1.807, 2.05) is 0 Å². The number of benzene rings is 3. The molecule has 0 spiro atoms. The zero-order chi connectivity index (χ0) is 24.2. The molecule has 0 radical (unpaired) electrons. The molecule has 1 aliphatic rings. The number of carbonyl (C=O) groups is 3. The van der Waals surface area contributed by atoms with Crippen LogP contribution in [-0.4, -0.2) is 29.8 Å². The van der Waals surface area contributed by atoms with Crippen LogP contribution in [0.25, 0.3) is 6.08 Å². The number of hydrogen-bond donors (Lipinski definition) is 1. The van der Waals surface area contributed by atoms with Gasteiger partial charge in [-0.05, 0) is 42.5 Å². The third-order valence-electron chi connectivity index (χ3n) is 4.92. The topological polar surface area (TPSA) is 128 Å². The molecule has 1 fully saturated rings. The van der Waals surface area contributed by atoms with Crippen LogP contribution in [0.15, 0.2) is 78.4 Å². The molecule has 1 saturated heterocycles. The molecule has 0 bridgehead atoms. The molecule has 1 aliphatic heterocycles. The molecule has 3 aromatic rings. The standard InChI is InChI=1S/C24H17N3O7/c1-33-19-9-5-6-15(13-19)24(30)34-21-11-10-18(27(31)32)12-16(21)14-20-22(28)25-26(23(20)29)17-7-3-2-4-8-17/h2-14H,1H3,(H,25,28). The number of esters is 1. The summed E-state index contributed by atoms with van der Waals surface area (Å²) in [5, 5.41) is 12.4. The van der Waals surface area contributed by atoms with Gasteiger partial charge in [0.25, 0.3) is 17.5 Å². The molecule has 0 aromatic heterocycles. The molecule has 0 aliphatic carbocycles. The molecule has 1 N–H and O–H groups in total. The number of non-ortho nitro benzene ring substituents is 1. The van der Waals surface area contributed by atoms with Gasteiger partial charge in [0, 0.05) is 17.7 Å². The highest BCUT2D eigenvalue weighted by molar-refractivity contribution is 6.31. The van der Waals surface area contributed by atoms with Crippen LogP contribution in [0.4, 0.5) is 11.4 Å². The third kappa shape index (κ3) is 4.46. The summed E-state index contributed by atoms with van der Waals surface area (Å²) in [7, 11) is 1.45. The Hall–Kier alpha value is -4.99. The Balaban J connectivity index is 1.70. The molecule has 0 saturated carbocycles. The Bertz CT molecular complexity index is 1340. The van der Waals surface area contributed by atoms with Crippen molar-refractivity contribution in [2.45, 2.75) is 0 Å². The molecular formula is C24H17N3O7. The van der Waals surface area contributed by atoms with Crippen LogP contribution in [-0.2, 0) is 9.59 Å². The highest BCUT2D eigenvalue weighted by atomic mass is 16.6. The number of para-hydroxylation sites is 1. The molecular weight excluding hydrogens is 442 g/mol. The largest absolute Gasteiger partial charge is 0.497 e. The minimum Gasteiger partial charge on any atom is -0.497 e. The highest BCUT2D eigenvalue weighted by Gasteiger charge is 2.34. The summed E-state index contributed by atoms with van der Waals surface area (Å²) in [6.45, 7) is 0. The monoisotopic (exact) mass is 459 g/mol. The van der Waals surface area contributed by atoms with E-state index in [1.54, 1.807) is 42.5 Å². The smallest absolute Gasteiger partial charge is 0.343 e. The van der Waals surface area contributed by atoms with Crippen LogP contribution < -0.4 is 19.9 Å². The number of ether oxygens (including phenoxy) is 2. The zero-order valence-corrected chi connectivity index (χ0v) is 17.8. The van der Waals surface area contributed by atoms with Crippen molar-refractivity contribution in [3.8, 4) is 11.5 Å². The van der Waals surface area contributed by atoms with Crippen molar-refractivity contribution >= 4 is 35.2 Å². The molecule has 0 unspecified atom stereocenters. The van der Waals surface area contributed by atoms with Gasteiger partial charge in [-0.2, -0.15) is 0 Å². The Morgan fingerprint density at radius 3 is 2.50 bits per heavy atom. The second kappa shape index (κ2) is 9.25. The van der Waals surface area contributed by atoms with E-state index >= 15 is 0 Å². The first-order valence-electron chi connectivity index (χ1n) is 9.94. The maximum atomic E-state index is 12.9. The first-order chi connectivity index (χ1) is 16.4. The number of anilines is 1. The summed E-state index contributed by atoms with van der Waals surface area (Å²) in [5.41, 5.74) is 2.50. The fourth-order valence-electron chi connectivity index (χ4n) is 3.24. The van der Waals surface area contributed by atoms with E-state index in [4.69, 9.17) is 9.47 Å². The second-order valence-corrected chi connectivity index (χ2v) is 7.08. The van der Waals surface area contributed by atoms with E-state index in [9.17, 15) is 24.5 Å². The summed E-state index contributed by atoms with van der Waals surface area (Å²) in [6.07, 6.45) is 1.15. The van der Waals surface area contributed by atoms with Crippen LogP contribution in [0.3, 0.4) is 0 Å². The summed E-state index contributed by atoms with van der Waals surface area (Å²) >= 11 is 0. The molecule has 3 aromatic carbocycles. The lowest BCUT2D eigenvalue weighted by molar-refractivity contribution is -0.384. The number of nitro benzene ring substituents is 1. The number of carbonyl (C=O) groups excluding carboxylic acids is 3. The minimum atomic E-state index is -0.750. The molecule has 170 valence electrons. The number of hydrazine groups is 1. The lowest BCUT2D eigenvalue weighted by Crippen LogP contribution is -2.35. The quantitative estimate of drug-likeness (QED) is 0.150. The van der Waals surface area contributed by atoms with Gasteiger partial charge < -0.3 is 9.47 Å². The maximum Gasteiger partial charge on any atom is 0.343 e. The molecule has 34 heavy (non-hydrogen) atoms. The van der Waals surface area contributed by atoms with Gasteiger partial charge in [-0.3, -0.25) is 25.1 Å². The second-order valence-electron chi connectivity index (χ2n) is 7.08. The van der Waals surface area contributed by atoms with Crippen molar-refractivity contribution < 1.29 is 28.8 Å². The molecule has 10 nitrogen and oxygen atoms in total. The predicted molar refractivity (Wildman–Crippen MR) is 121 cm³/mol. The number of nitrogens with one attached hydrogen (secondary N) is 1. The first-order valence-corrected chi connectivity index (χ1v) is 9.94. The van der Waals surface area contributed by atoms with E-state index in [0.717, 1.165) is 23.2 Å². The number of methoxy groups -OCH3 is 1. The summed E-state index contributed by atoms with van der Waals surface area (Å²) in [5.74, 6) is -1.74. The van der Waals surface area contributed by atoms with Gasteiger partial charge in [-0.15, -0.1) is 0 Å². The van der Waals surface area contributed by atoms with E-state index in [1.165, 1.54) is 25.3 Å².